The molecule has 5 heteroatoms. The van der Waals surface area contributed by atoms with Crippen molar-refractivity contribution in [1.29, 1.82) is 0 Å². The fourth-order valence-corrected chi connectivity index (χ4v) is 6.09. The molecule has 0 amide bonds. The summed E-state index contributed by atoms with van der Waals surface area (Å²) in [5.74, 6) is -0.878. The number of thioether (sulfide) groups is 1. The van der Waals surface area contributed by atoms with Crippen molar-refractivity contribution in [1.82, 2.24) is 0 Å². The van der Waals surface area contributed by atoms with Crippen LogP contribution in [0.4, 0.5) is 0 Å². The third-order valence-electron chi connectivity index (χ3n) is 1.62. The Balaban J connectivity index is 3.95. The minimum Gasteiger partial charge on any atom is -0.480 e. The van der Waals surface area contributed by atoms with Gasteiger partial charge in [0.05, 0.1) is 8.07 Å². The number of hydrogen-bond donors (Lipinski definition) is 2. The van der Waals surface area contributed by atoms with E-state index in [0.717, 1.165) is 5.38 Å². The molecule has 0 aromatic carbocycles. The first-order valence-corrected chi connectivity index (χ1v) is 8.67. The Morgan fingerprint density at radius 1 is 1.67 bits per heavy atom. The molecule has 0 saturated carbocycles. The van der Waals surface area contributed by atoms with Crippen LogP contribution in [0, 0.1) is 0 Å². The monoisotopic (exact) mass is 207 g/mol. The van der Waals surface area contributed by atoms with Crippen LogP contribution in [0.25, 0.3) is 0 Å². The summed E-state index contributed by atoms with van der Waals surface area (Å²) in [6.07, 6.45) is 2.04. The number of carbonyl (C=O) groups is 1. The summed E-state index contributed by atoms with van der Waals surface area (Å²) in [4.78, 5) is 10.5. The van der Waals surface area contributed by atoms with Gasteiger partial charge in [0.25, 0.3) is 0 Å². The number of rotatable bonds is 5. The van der Waals surface area contributed by atoms with E-state index in [4.69, 9.17) is 10.8 Å². The molecule has 0 aliphatic heterocycles. The summed E-state index contributed by atoms with van der Waals surface area (Å²) in [6.45, 7) is 4.35. The quantitative estimate of drug-likeness (QED) is 0.660. The molecule has 0 radical (unpaired) electrons. The van der Waals surface area contributed by atoms with Crippen LogP contribution in [0.5, 0.6) is 0 Å². The highest BCUT2D eigenvalue weighted by molar-refractivity contribution is 8.00. The number of nitrogens with two attached hydrogens (primary N) is 1. The molecular formula is C7H17NO2SSi. The second kappa shape index (κ2) is 4.89. The minimum atomic E-state index is -1.37. The van der Waals surface area contributed by atoms with E-state index in [1.54, 1.807) is 11.8 Å². The van der Waals surface area contributed by atoms with Gasteiger partial charge in [-0.1, -0.05) is 13.1 Å². The Kier molecular flexibility index (Phi) is 4.89. The maximum Gasteiger partial charge on any atom is 0.320 e. The molecule has 3 nitrogen and oxygen atoms in total. The Morgan fingerprint density at radius 3 is 2.50 bits per heavy atom. The molecule has 1 atom stereocenters. The summed E-state index contributed by atoms with van der Waals surface area (Å²) in [7, 11) is -1.37. The maximum atomic E-state index is 10.5. The number of hydrogen-bond acceptors (Lipinski definition) is 3. The van der Waals surface area contributed by atoms with E-state index >= 15 is 0 Å². The lowest BCUT2D eigenvalue weighted by Gasteiger charge is -2.22. The van der Waals surface area contributed by atoms with Gasteiger partial charge in [-0.25, -0.2) is 0 Å². The number of aliphatic carboxylic acids is 1. The molecule has 72 valence electrons. The van der Waals surface area contributed by atoms with Crippen LogP contribution in [0.2, 0.25) is 19.1 Å². The zero-order valence-electron chi connectivity index (χ0n) is 7.83. The average Bonchev–Trinajstić information content (AvgIpc) is 1.85. The fraction of sp³-hybridized carbons (Fsp3) is 0.857. The van der Waals surface area contributed by atoms with Crippen LogP contribution >= 0.6 is 11.8 Å². The van der Waals surface area contributed by atoms with Crippen molar-refractivity contribution in [2.45, 2.75) is 25.2 Å². The molecule has 0 aromatic rings. The van der Waals surface area contributed by atoms with E-state index in [1.165, 1.54) is 0 Å². The average molecular weight is 207 g/mol. The highest BCUT2D eigenvalue weighted by Crippen LogP contribution is 2.16. The van der Waals surface area contributed by atoms with E-state index in [1.807, 2.05) is 6.26 Å². The van der Waals surface area contributed by atoms with Crippen molar-refractivity contribution in [3.8, 4) is 0 Å². The predicted molar refractivity (Wildman–Crippen MR) is 56.3 cm³/mol. The molecule has 0 aliphatic carbocycles. The zero-order chi connectivity index (χ0) is 9.78. The van der Waals surface area contributed by atoms with E-state index < -0.39 is 20.1 Å². The van der Waals surface area contributed by atoms with Crippen LogP contribution in [0.3, 0.4) is 0 Å². The van der Waals surface area contributed by atoms with Gasteiger partial charge in [-0.3, -0.25) is 4.79 Å². The van der Waals surface area contributed by atoms with Gasteiger partial charge in [0, 0.05) is 0 Å². The van der Waals surface area contributed by atoms with Crippen LogP contribution < -0.4 is 5.73 Å². The molecule has 0 spiro atoms. The van der Waals surface area contributed by atoms with Gasteiger partial charge in [-0.05, 0) is 17.7 Å². The Bertz CT molecular complexity index is 163. The highest BCUT2D eigenvalue weighted by atomic mass is 32.2. The molecule has 0 unspecified atom stereocenters. The highest BCUT2D eigenvalue weighted by Gasteiger charge is 2.26. The Morgan fingerprint density at radius 2 is 2.17 bits per heavy atom. The topological polar surface area (TPSA) is 63.3 Å². The summed E-state index contributed by atoms with van der Waals surface area (Å²) in [5.41, 5.74) is 5.46. The smallest absolute Gasteiger partial charge is 0.320 e. The minimum absolute atomic E-state index is 0.668. The van der Waals surface area contributed by atoms with E-state index in [2.05, 4.69) is 13.1 Å². The molecule has 0 fully saturated rings. The van der Waals surface area contributed by atoms with Gasteiger partial charge in [-0.2, -0.15) is 11.8 Å². The van der Waals surface area contributed by atoms with E-state index in [9.17, 15) is 4.79 Å². The SMILES string of the molecule is CSC[Si](C)(C)C[C@H](N)C(=O)O. The van der Waals surface area contributed by atoms with Gasteiger partial charge in [0.1, 0.15) is 6.04 Å². The van der Waals surface area contributed by atoms with Crippen molar-refractivity contribution in [3.05, 3.63) is 0 Å². The lowest BCUT2D eigenvalue weighted by Crippen LogP contribution is -2.41. The third-order valence-corrected chi connectivity index (χ3v) is 7.45. The standard InChI is InChI=1S/C7H17NO2SSi/c1-11-5-12(2,3)4-6(8)7(9)10/h6H,4-5,8H2,1-3H3,(H,9,10)/t6-/m0/s1. The first-order valence-electron chi connectivity index (χ1n) is 3.86. The van der Waals surface area contributed by atoms with Crippen molar-refractivity contribution in [2.24, 2.45) is 5.73 Å². The third kappa shape index (κ3) is 4.79. The van der Waals surface area contributed by atoms with Gasteiger partial charge in [-0.15, -0.1) is 0 Å². The predicted octanol–water partition coefficient (Wildman–Crippen LogP) is 1.01. The normalized spacial score (nSPS) is 14.3. The summed E-state index contributed by atoms with van der Waals surface area (Å²) >= 11 is 1.78. The van der Waals surface area contributed by atoms with Gasteiger partial charge < -0.3 is 10.8 Å². The molecule has 12 heavy (non-hydrogen) atoms. The molecule has 3 N–H and O–H groups in total. The first-order chi connectivity index (χ1) is 5.39. The first kappa shape index (κ1) is 12.0. The molecule has 0 heterocycles. The van der Waals surface area contributed by atoms with E-state index in [0.29, 0.717) is 6.04 Å². The molecule has 0 bridgehead atoms. The summed E-state index contributed by atoms with van der Waals surface area (Å²) in [6, 6.07) is 0.00205. The Hall–Kier alpha value is -0.00312. The van der Waals surface area contributed by atoms with Crippen molar-refractivity contribution in [3.63, 3.8) is 0 Å². The van der Waals surface area contributed by atoms with Crippen molar-refractivity contribution < 1.29 is 9.90 Å². The zero-order valence-corrected chi connectivity index (χ0v) is 9.65. The van der Waals surface area contributed by atoms with Crippen LogP contribution in [0.15, 0.2) is 0 Å². The van der Waals surface area contributed by atoms with Gasteiger partial charge >= 0.3 is 5.97 Å². The van der Waals surface area contributed by atoms with Crippen molar-refractivity contribution in [2.75, 3.05) is 11.6 Å². The Labute approximate surface area is 78.7 Å². The van der Waals surface area contributed by atoms with Crippen molar-refractivity contribution >= 4 is 25.8 Å². The second-order valence-electron chi connectivity index (χ2n) is 3.75. The van der Waals surface area contributed by atoms with E-state index in [-0.39, 0.29) is 0 Å². The number of carboxylic acid groups (broad SMARTS) is 1. The summed E-state index contributed by atoms with van der Waals surface area (Å²) in [5, 5.41) is 9.68. The fourth-order valence-electron chi connectivity index (χ4n) is 1.13. The molecule has 0 rings (SSSR count). The van der Waals surface area contributed by atoms with Crippen LogP contribution in [-0.4, -0.2) is 36.8 Å². The molecule has 0 aliphatic rings. The number of carboxylic acids is 1. The molecular weight excluding hydrogens is 190 g/mol. The molecule has 0 aromatic heterocycles. The lowest BCUT2D eigenvalue weighted by molar-refractivity contribution is -0.138. The largest absolute Gasteiger partial charge is 0.480 e. The molecule has 0 saturated heterocycles. The van der Waals surface area contributed by atoms with Gasteiger partial charge in [0.2, 0.25) is 0 Å². The lowest BCUT2D eigenvalue weighted by atomic mass is 10.4. The summed E-state index contributed by atoms with van der Waals surface area (Å²) < 4.78 is 0. The van der Waals surface area contributed by atoms with Crippen LogP contribution in [0.1, 0.15) is 0 Å². The maximum absolute atomic E-state index is 10.5. The van der Waals surface area contributed by atoms with Gasteiger partial charge in [0.15, 0.2) is 0 Å². The second-order valence-corrected chi connectivity index (χ2v) is 10.2. The van der Waals surface area contributed by atoms with Crippen LogP contribution in [-0.2, 0) is 4.79 Å².